The van der Waals surface area contributed by atoms with E-state index in [1.807, 2.05) is 31.2 Å². The molecule has 0 fully saturated rings. The van der Waals surface area contributed by atoms with Gasteiger partial charge in [-0.15, -0.1) is 0 Å². The van der Waals surface area contributed by atoms with Crippen molar-refractivity contribution in [2.45, 2.75) is 6.92 Å². The van der Waals surface area contributed by atoms with Gasteiger partial charge in [0.1, 0.15) is 5.69 Å². The zero-order valence-corrected chi connectivity index (χ0v) is 10.4. The van der Waals surface area contributed by atoms with Gasteiger partial charge in [0.25, 0.3) is 5.91 Å². The SMILES string of the molecule is Cc1cccc(NC(=O)c2ccnc3ccnn23)c1. The molecule has 0 bridgehead atoms. The molecule has 0 aliphatic carbocycles. The molecule has 1 aromatic carbocycles. The lowest BCUT2D eigenvalue weighted by Gasteiger charge is -2.07. The highest BCUT2D eigenvalue weighted by Gasteiger charge is 2.11. The van der Waals surface area contributed by atoms with Gasteiger partial charge in [0, 0.05) is 18.0 Å². The van der Waals surface area contributed by atoms with Gasteiger partial charge >= 0.3 is 0 Å². The Bertz CT molecular complexity index is 748. The summed E-state index contributed by atoms with van der Waals surface area (Å²) in [6.45, 7) is 1.98. The number of nitrogens with zero attached hydrogens (tertiary/aromatic N) is 3. The fraction of sp³-hybridized carbons (Fsp3) is 0.0714. The van der Waals surface area contributed by atoms with E-state index in [9.17, 15) is 4.79 Å². The van der Waals surface area contributed by atoms with Crippen LogP contribution in [0.5, 0.6) is 0 Å². The summed E-state index contributed by atoms with van der Waals surface area (Å²) in [5.74, 6) is -0.207. The lowest BCUT2D eigenvalue weighted by Crippen LogP contribution is -2.16. The number of nitrogens with one attached hydrogen (secondary N) is 1. The summed E-state index contributed by atoms with van der Waals surface area (Å²) < 4.78 is 1.52. The third-order valence-electron chi connectivity index (χ3n) is 2.80. The van der Waals surface area contributed by atoms with Crippen molar-refractivity contribution in [3.05, 3.63) is 60.0 Å². The molecule has 3 rings (SSSR count). The van der Waals surface area contributed by atoms with Crippen LogP contribution in [0, 0.1) is 6.92 Å². The monoisotopic (exact) mass is 252 g/mol. The van der Waals surface area contributed by atoms with Crippen molar-refractivity contribution >= 4 is 17.2 Å². The van der Waals surface area contributed by atoms with Gasteiger partial charge in [-0.1, -0.05) is 12.1 Å². The average molecular weight is 252 g/mol. The lowest BCUT2D eigenvalue weighted by molar-refractivity contribution is 0.102. The van der Waals surface area contributed by atoms with Crippen LogP contribution in [0.1, 0.15) is 16.1 Å². The van der Waals surface area contributed by atoms with Crippen molar-refractivity contribution in [1.29, 1.82) is 0 Å². The second-order valence-electron chi connectivity index (χ2n) is 4.25. The number of anilines is 1. The van der Waals surface area contributed by atoms with Crippen molar-refractivity contribution in [2.24, 2.45) is 0 Å². The molecule has 2 aromatic heterocycles. The minimum Gasteiger partial charge on any atom is -0.321 e. The second kappa shape index (κ2) is 4.53. The largest absolute Gasteiger partial charge is 0.321 e. The molecule has 5 heteroatoms. The van der Waals surface area contributed by atoms with Gasteiger partial charge < -0.3 is 5.32 Å². The molecule has 0 aliphatic rings. The summed E-state index contributed by atoms with van der Waals surface area (Å²) in [6, 6.07) is 11.1. The van der Waals surface area contributed by atoms with Crippen molar-refractivity contribution in [3.63, 3.8) is 0 Å². The highest BCUT2D eigenvalue weighted by molar-refractivity contribution is 6.03. The predicted molar refractivity (Wildman–Crippen MR) is 72.1 cm³/mol. The average Bonchev–Trinajstić information content (AvgIpc) is 2.86. The highest BCUT2D eigenvalue weighted by atomic mass is 16.2. The van der Waals surface area contributed by atoms with Crippen LogP contribution in [0.3, 0.4) is 0 Å². The number of hydrogen-bond donors (Lipinski definition) is 1. The van der Waals surface area contributed by atoms with E-state index >= 15 is 0 Å². The maximum Gasteiger partial charge on any atom is 0.274 e. The van der Waals surface area contributed by atoms with E-state index in [1.54, 1.807) is 24.5 Å². The minimum absolute atomic E-state index is 0.207. The smallest absolute Gasteiger partial charge is 0.274 e. The van der Waals surface area contributed by atoms with Crippen molar-refractivity contribution in [3.8, 4) is 0 Å². The normalized spacial score (nSPS) is 10.6. The first-order valence-corrected chi connectivity index (χ1v) is 5.91. The van der Waals surface area contributed by atoms with Crippen molar-refractivity contribution < 1.29 is 4.79 Å². The highest BCUT2D eigenvalue weighted by Crippen LogP contribution is 2.12. The third-order valence-corrected chi connectivity index (χ3v) is 2.80. The second-order valence-corrected chi connectivity index (χ2v) is 4.25. The van der Waals surface area contributed by atoms with Crippen molar-refractivity contribution in [1.82, 2.24) is 14.6 Å². The summed E-state index contributed by atoms with van der Waals surface area (Å²) in [4.78, 5) is 16.4. The van der Waals surface area contributed by atoms with E-state index < -0.39 is 0 Å². The standard InChI is InChI=1S/C14H12N4O/c1-10-3-2-4-11(9-10)17-14(19)12-5-7-15-13-6-8-16-18(12)13/h2-9H,1H3,(H,17,19). The van der Waals surface area contributed by atoms with E-state index in [0.29, 0.717) is 11.3 Å². The summed E-state index contributed by atoms with van der Waals surface area (Å²) in [7, 11) is 0. The molecule has 19 heavy (non-hydrogen) atoms. The number of rotatable bonds is 2. The van der Waals surface area contributed by atoms with E-state index in [4.69, 9.17) is 0 Å². The van der Waals surface area contributed by atoms with Gasteiger partial charge in [-0.2, -0.15) is 5.10 Å². The Labute approximate surface area is 109 Å². The van der Waals surface area contributed by atoms with Gasteiger partial charge in [-0.25, -0.2) is 9.50 Å². The van der Waals surface area contributed by atoms with Gasteiger partial charge in [-0.3, -0.25) is 4.79 Å². The van der Waals surface area contributed by atoms with E-state index in [0.717, 1.165) is 11.3 Å². The van der Waals surface area contributed by atoms with Crippen LogP contribution in [0.15, 0.2) is 48.8 Å². The Kier molecular flexibility index (Phi) is 2.72. The Morgan fingerprint density at radius 1 is 1.21 bits per heavy atom. The van der Waals surface area contributed by atoms with Crippen LogP contribution in [0.2, 0.25) is 0 Å². The molecule has 1 N–H and O–H groups in total. The fourth-order valence-corrected chi connectivity index (χ4v) is 1.92. The Balaban J connectivity index is 1.94. The van der Waals surface area contributed by atoms with Crippen LogP contribution in [0.25, 0.3) is 5.65 Å². The number of carbonyl (C=O) groups is 1. The fourth-order valence-electron chi connectivity index (χ4n) is 1.92. The molecular weight excluding hydrogens is 240 g/mol. The molecule has 2 heterocycles. The first kappa shape index (κ1) is 11.4. The maximum atomic E-state index is 12.2. The molecule has 5 nitrogen and oxygen atoms in total. The predicted octanol–water partition coefficient (Wildman–Crippen LogP) is 2.29. The van der Waals surface area contributed by atoms with Gasteiger partial charge in [0.2, 0.25) is 0 Å². The summed E-state index contributed by atoms with van der Waals surface area (Å²) in [5.41, 5.74) is 2.97. The van der Waals surface area contributed by atoms with Crippen LogP contribution in [-0.2, 0) is 0 Å². The summed E-state index contributed by atoms with van der Waals surface area (Å²) in [6.07, 6.45) is 3.22. The molecule has 94 valence electrons. The summed E-state index contributed by atoms with van der Waals surface area (Å²) >= 11 is 0. The number of benzene rings is 1. The molecule has 0 unspecified atom stereocenters. The van der Waals surface area contributed by atoms with Crippen molar-refractivity contribution in [2.75, 3.05) is 5.32 Å². The Morgan fingerprint density at radius 2 is 2.11 bits per heavy atom. The zero-order valence-electron chi connectivity index (χ0n) is 10.4. The number of hydrogen-bond acceptors (Lipinski definition) is 3. The molecule has 0 radical (unpaired) electrons. The summed E-state index contributed by atoms with van der Waals surface area (Å²) in [5, 5.41) is 6.95. The number of aryl methyl sites for hydroxylation is 1. The van der Waals surface area contributed by atoms with Crippen LogP contribution < -0.4 is 5.32 Å². The van der Waals surface area contributed by atoms with Crippen LogP contribution in [0.4, 0.5) is 5.69 Å². The molecule has 0 spiro atoms. The number of fused-ring (bicyclic) bond motifs is 1. The molecular formula is C14H12N4O. The van der Waals surface area contributed by atoms with E-state index in [-0.39, 0.29) is 5.91 Å². The Hall–Kier alpha value is -2.69. The molecule has 0 saturated carbocycles. The molecule has 3 aromatic rings. The van der Waals surface area contributed by atoms with Gasteiger partial charge in [0.15, 0.2) is 5.65 Å². The van der Waals surface area contributed by atoms with Gasteiger partial charge in [-0.05, 0) is 30.7 Å². The molecule has 1 amide bonds. The van der Waals surface area contributed by atoms with Crippen LogP contribution >= 0.6 is 0 Å². The molecule has 0 aliphatic heterocycles. The van der Waals surface area contributed by atoms with E-state index in [2.05, 4.69) is 15.4 Å². The maximum absolute atomic E-state index is 12.2. The van der Waals surface area contributed by atoms with E-state index in [1.165, 1.54) is 4.52 Å². The Morgan fingerprint density at radius 3 is 2.95 bits per heavy atom. The minimum atomic E-state index is -0.207. The third kappa shape index (κ3) is 2.18. The molecule has 0 saturated heterocycles. The number of amides is 1. The van der Waals surface area contributed by atoms with Crippen LogP contribution in [-0.4, -0.2) is 20.5 Å². The number of aromatic nitrogens is 3. The zero-order chi connectivity index (χ0) is 13.2. The molecule has 0 atom stereocenters. The topological polar surface area (TPSA) is 59.3 Å². The van der Waals surface area contributed by atoms with Gasteiger partial charge in [0.05, 0.1) is 6.20 Å². The quantitative estimate of drug-likeness (QED) is 0.761. The lowest BCUT2D eigenvalue weighted by atomic mass is 10.2. The number of carbonyl (C=O) groups excluding carboxylic acids is 1. The first-order valence-electron chi connectivity index (χ1n) is 5.91. The first-order chi connectivity index (χ1) is 9.24.